The molecular weight excluding hydrogens is 410 g/mol. The molecule has 3 rings (SSSR count). The SMILES string of the molecule is C=CCn1c(COc2ccc(C(C)C)cc2)nnc1SCC(=O)c1ccc(OC)cc1. The molecule has 3 aromatic rings. The van der Waals surface area contributed by atoms with Crippen LogP contribution < -0.4 is 9.47 Å². The Kier molecular flexibility index (Phi) is 7.89. The molecule has 0 atom stereocenters. The smallest absolute Gasteiger partial charge is 0.192 e. The van der Waals surface area contributed by atoms with Gasteiger partial charge in [-0.2, -0.15) is 0 Å². The van der Waals surface area contributed by atoms with Crippen molar-refractivity contribution in [2.45, 2.75) is 38.1 Å². The van der Waals surface area contributed by atoms with Crippen LogP contribution in [-0.2, 0) is 13.2 Å². The molecule has 0 spiro atoms. The zero-order valence-electron chi connectivity index (χ0n) is 18.1. The first-order valence-corrected chi connectivity index (χ1v) is 11.1. The van der Waals surface area contributed by atoms with Crippen molar-refractivity contribution in [1.82, 2.24) is 14.8 Å². The van der Waals surface area contributed by atoms with Crippen LogP contribution >= 0.6 is 11.8 Å². The topological polar surface area (TPSA) is 66.2 Å². The van der Waals surface area contributed by atoms with E-state index in [4.69, 9.17) is 9.47 Å². The average Bonchev–Trinajstić information content (AvgIpc) is 3.18. The number of ether oxygens (including phenoxy) is 2. The van der Waals surface area contributed by atoms with Crippen LogP contribution in [0.4, 0.5) is 0 Å². The summed E-state index contributed by atoms with van der Waals surface area (Å²) in [7, 11) is 1.60. The maximum absolute atomic E-state index is 12.5. The van der Waals surface area contributed by atoms with Gasteiger partial charge in [-0.15, -0.1) is 16.8 Å². The minimum Gasteiger partial charge on any atom is -0.497 e. The van der Waals surface area contributed by atoms with Gasteiger partial charge in [-0.1, -0.05) is 43.8 Å². The second kappa shape index (κ2) is 10.8. The lowest BCUT2D eigenvalue weighted by Crippen LogP contribution is -2.09. The molecule has 0 N–H and O–H groups in total. The summed E-state index contributed by atoms with van der Waals surface area (Å²) in [5.41, 5.74) is 1.90. The largest absolute Gasteiger partial charge is 0.497 e. The summed E-state index contributed by atoms with van der Waals surface area (Å²) >= 11 is 1.35. The van der Waals surface area contributed by atoms with Gasteiger partial charge in [-0.3, -0.25) is 9.36 Å². The number of ketones is 1. The van der Waals surface area contributed by atoms with E-state index in [-0.39, 0.29) is 18.1 Å². The van der Waals surface area contributed by atoms with Crippen molar-refractivity contribution in [2.24, 2.45) is 0 Å². The average molecular weight is 438 g/mol. The van der Waals surface area contributed by atoms with Crippen molar-refractivity contribution in [3.05, 3.63) is 78.1 Å². The van der Waals surface area contributed by atoms with E-state index >= 15 is 0 Å². The summed E-state index contributed by atoms with van der Waals surface area (Å²) in [4.78, 5) is 12.5. The number of thioether (sulfide) groups is 1. The summed E-state index contributed by atoms with van der Waals surface area (Å²) < 4.78 is 13.0. The summed E-state index contributed by atoms with van der Waals surface area (Å²) in [5, 5.41) is 9.18. The summed E-state index contributed by atoms with van der Waals surface area (Å²) in [6.07, 6.45) is 1.78. The molecule has 0 bridgehead atoms. The van der Waals surface area contributed by atoms with Gasteiger partial charge in [-0.25, -0.2) is 0 Å². The molecule has 0 aliphatic rings. The number of benzene rings is 2. The van der Waals surface area contributed by atoms with Crippen LogP contribution in [0, 0.1) is 0 Å². The number of allylic oxidation sites excluding steroid dienone is 1. The van der Waals surface area contributed by atoms with Crippen molar-refractivity contribution in [2.75, 3.05) is 12.9 Å². The highest BCUT2D eigenvalue weighted by molar-refractivity contribution is 7.99. The first-order valence-electron chi connectivity index (χ1n) is 10.1. The standard InChI is InChI=1S/C24H27N3O3S/c1-5-14-27-23(15-30-21-12-6-18(7-13-21)17(2)3)25-26-24(27)31-16-22(28)19-8-10-20(29-4)11-9-19/h5-13,17H,1,14-16H2,2-4H3. The molecule has 31 heavy (non-hydrogen) atoms. The fourth-order valence-electron chi connectivity index (χ4n) is 2.93. The highest BCUT2D eigenvalue weighted by Gasteiger charge is 2.15. The number of hydrogen-bond donors (Lipinski definition) is 0. The van der Waals surface area contributed by atoms with E-state index < -0.39 is 0 Å². The Morgan fingerprint density at radius 3 is 2.39 bits per heavy atom. The highest BCUT2D eigenvalue weighted by Crippen LogP contribution is 2.22. The van der Waals surface area contributed by atoms with Crippen molar-refractivity contribution < 1.29 is 14.3 Å². The van der Waals surface area contributed by atoms with Crippen LogP contribution in [0.15, 0.2) is 66.3 Å². The zero-order chi connectivity index (χ0) is 22.2. The lowest BCUT2D eigenvalue weighted by atomic mass is 10.0. The molecule has 0 saturated carbocycles. The maximum Gasteiger partial charge on any atom is 0.192 e. The van der Waals surface area contributed by atoms with Gasteiger partial charge in [0.15, 0.2) is 16.8 Å². The first-order chi connectivity index (χ1) is 15.0. The van der Waals surface area contributed by atoms with Crippen molar-refractivity contribution in [3.63, 3.8) is 0 Å². The molecule has 1 heterocycles. The number of Topliss-reactive ketones (excluding diaryl/α,β-unsaturated/α-hetero) is 1. The lowest BCUT2D eigenvalue weighted by Gasteiger charge is -2.10. The Bertz CT molecular complexity index is 1010. The number of nitrogens with zero attached hydrogens (tertiary/aromatic N) is 3. The van der Waals surface area contributed by atoms with Crippen LogP contribution in [0.1, 0.15) is 41.5 Å². The molecule has 0 fully saturated rings. The molecule has 6 nitrogen and oxygen atoms in total. The third kappa shape index (κ3) is 5.98. The summed E-state index contributed by atoms with van der Waals surface area (Å²) in [5.74, 6) is 2.94. The van der Waals surface area contributed by atoms with E-state index in [1.54, 1.807) is 37.5 Å². The fourth-order valence-corrected chi connectivity index (χ4v) is 3.79. The first kappa shape index (κ1) is 22.6. The minimum atomic E-state index is 0.0175. The number of rotatable bonds is 11. The second-order valence-electron chi connectivity index (χ2n) is 7.25. The molecule has 0 saturated heterocycles. The van der Waals surface area contributed by atoms with Gasteiger partial charge in [0.2, 0.25) is 0 Å². The van der Waals surface area contributed by atoms with Crippen LogP contribution in [0.5, 0.6) is 11.5 Å². The monoisotopic (exact) mass is 437 g/mol. The van der Waals surface area contributed by atoms with Crippen LogP contribution in [-0.4, -0.2) is 33.4 Å². The van der Waals surface area contributed by atoms with Crippen molar-refractivity contribution >= 4 is 17.5 Å². The van der Waals surface area contributed by atoms with E-state index in [0.717, 1.165) is 11.5 Å². The molecule has 7 heteroatoms. The molecule has 0 aliphatic heterocycles. The molecular formula is C24H27N3O3S. The second-order valence-corrected chi connectivity index (χ2v) is 8.19. The molecule has 2 aromatic carbocycles. The Morgan fingerprint density at radius 2 is 1.77 bits per heavy atom. The number of carbonyl (C=O) groups is 1. The summed E-state index contributed by atoms with van der Waals surface area (Å²) in [6, 6.07) is 15.2. The quantitative estimate of drug-likeness (QED) is 0.235. The maximum atomic E-state index is 12.5. The van der Waals surface area contributed by atoms with Crippen LogP contribution in [0.3, 0.4) is 0 Å². The van der Waals surface area contributed by atoms with Crippen LogP contribution in [0.25, 0.3) is 0 Å². The van der Waals surface area contributed by atoms with E-state index in [0.29, 0.717) is 29.0 Å². The highest BCUT2D eigenvalue weighted by atomic mass is 32.2. The van der Waals surface area contributed by atoms with Gasteiger partial charge in [0, 0.05) is 12.1 Å². The van der Waals surface area contributed by atoms with Gasteiger partial charge < -0.3 is 9.47 Å². The summed E-state index contributed by atoms with van der Waals surface area (Å²) in [6.45, 7) is 8.96. The Labute approximate surface area is 187 Å². The Morgan fingerprint density at radius 1 is 1.10 bits per heavy atom. The predicted octanol–water partition coefficient (Wildman–Crippen LogP) is 5.15. The molecule has 0 amide bonds. The van der Waals surface area contributed by atoms with Gasteiger partial charge in [0.05, 0.1) is 12.9 Å². The predicted molar refractivity (Wildman–Crippen MR) is 123 cm³/mol. The van der Waals surface area contributed by atoms with E-state index in [2.05, 4.69) is 42.8 Å². The van der Waals surface area contributed by atoms with Crippen LogP contribution in [0.2, 0.25) is 0 Å². The molecule has 0 radical (unpaired) electrons. The third-order valence-corrected chi connectivity index (χ3v) is 5.73. The minimum absolute atomic E-state index is 0.0175. The normalized spacial score (nSPS) is 10.8. The molecule has 0 unspecified atom stereocenters. The van der Waals surface area contributed by atoms with Gasteiger partial charge in [0.25, 0.3) is 0 Å². The van der Waals surface area contributed by atoms with E-state index in [9.17, 15) is 4.79 Å². The van der Waals surface area contributed by atoms with E-state index in [1.807, 2.05) is 16.7 Å². The lowest BCUT2D eigenvalue weighted by molar-refractivity contribution is 0.102. The van der Waals surface area contributed by atoms with Gasteiger partial charge in [0.1, 0.15) is 18.1 Å². The number of methoxy groups -OCH3 is 1. The Balaban J connectivity index is 1.63. The zero-order valence-corrected chi connectivity index (χ0v) is 18.9. The molecule has 1 aromatic heterocycles. The van der Waals surface area contributed by atoms with Crippen molar-refractivity contribution in [3.8, 4) is 11.5 Å². The number of hydrogen-bond acceptors (Lipinski definition) is 6. The van der Waals surface area contributed by atoms with Gasteiger partial charge in [-0.05, 0) is 47.9 Å². The number of aromatic nitrogens is 3. The fraction of sp³-hybridized carbons (Fsp3) is 0.292. The third-order valence-electron chi connectivity index (χ3n) is 4.76. The van der Waals surface area contributed by atoms with Gasteiger partial charge >= 0.3 is 0 Å². The van der Waals surface area contributed by atoms with E-state index in [1.165, 1.54) is 17.3 Å². The molecule has 0 aliphatic carbocycles. The van der Waals surface area contributed by atoms with Crippen molar-refractivity contribution in [1.29, 1.82) is 0 Å². The Hall–Kier alpha value is -3.06. The molecule has 162 valence electrons. The number of carbonyl (C=O) groups excluding carboxylic acids is 1.